The Labute approximate surface area is 112 Å². The van der Waals surface area contributed by atoms with Crippen molar-refractivity contribution in [3.8, 4) is 0 Å². The smallest absolute Gasteiger partial charge is 0.160 e. The second kappa shape index (κ2) is 4.86. The van der Waals surface area contributed by atoms with Crippen molar-refractivity contribution in [1.82, 2.24) is 19.5 Å². The van der Waals surface area contributed by atoms with Gasteiger partial charge in [0.15, 0.2) is 11.5 Å². The van der Waals surface area contributed by atoms with E-state index in [1.165, 1.54) is 12.8 Å². The zero-order valence-corrected chi connectivity index (χ0v) is 11.3. The lowest BCUT2D eigenvalue weighted by atomic mass is 10.0. The van der Waals surface area contributed by atoms with E-state index in [4.69, 9.17) is 11.6 Å². The number of nitrogens with zero attached hydrogens (tertiary/aromatic N) is 4. The third-order valence-electron chi connectivity index (χ3n) is 3.71. The van der Waals surface area contributed by atoms with Crippen molar-refractivity contribution < 1.29 is 0 Å². The van der Waals surface area contributed by atoms with Crippen molar-refractivity contribution in [2.75, 3.05) is 13.1 Å². The van der Waals surface area contributed by atoms with E-state index in [2.05, 4.69) is 22.0 Å². The fraction of sp³-hybridized carbons (Fsp3) is 0.538. The number of likely N-dealkylation sites (tertiary alicyclic amines) is 1. The summed E-state index contributed by atoms with van der Waals surface area (Å²) in [6.45, 7) is 4.41. The first-order valence-electron chi connectivity index (χ1n) is 6.54. The number of hydrogen-bond donors (Lipinski definition) is 0. The summed E-state index contributed by atoms with van der Waals surface area (Å²) in [6.07, 6.45) is 5.61. The van der Waals surface area contributed by atoms with Crippen LogP contribution in [0.2, 0.25) is 5.02 Å². The molecule has 18 heavy (non-hydrogen) atoms. The molecule has 3 heterocycles. The molecule has 3 rings (SSSR count). The van der Waals surface area contributed by atoms with Gasteiger partial charge in [-0.05, 0) is 38.1 Å². The molecule has 1 atom stereocenters. The van der Waals surface area contributed by atoms with Crippen LogP contribution in [0.1, 0.15) is 38.1 Å². The van der Waals surface area contributed by atoms with Crippen LogP contribution in [0.25, 0.3) is 5.65 Å². The van der Waals surface area contributed by atoms with Crippen LogP contribution in [-0.4, -0.2) is 32.6 Å². The minimum atomic E-state index is 0.372. The van der Waals surface area contributed by atoms with Gasteiger partial charge in [-0.2, -0.15) is 0 Å². The number of hydrogen-bond acceptors (Lipinski definition) is 3. The predicted octanol–water partition coefficient (Wildman–Crippen LogP) is 2.93. The summed E-state index contributed by atoms with van der Waals surface area (Å²) in [5.74, 6) is 1.02. The first-order valence-corrected chi connectivity index (χ1v) is 6.91. The zero-order chi connectivity index (χ0) is 12.5. The third kappa shape index (κ3) is 1.99. The molecular weight excluding hydrogens is 248 g/mol. The van der Waals surface area contributed by atoms with E-state index in [0.717, 1.165) is 36.0 Å². The van der Waals surface area contributed by atoms with E-state index in [1.54, 1.807) is 0 Å². The molecule has 5 heteroatoms. The van der Waals surface area contributed by atoms with Crippen LogP contribution in [0.3, 0.4) is 0 Å². The molecule has 1 saturated heterocycles. The zero-order valence-electron chi connectivity index (χ0n) is 10.5. The fourth-order valence-electron chi connectivity index (χ4n) is 2.77. The predicted molar refractivity (Wildman–Crippen MR) is 71.8 cm³/mol. The highest BCUT2D eigenvalue weighted by molar-refractivity contribution is 6.30. The van der Waals surface area contributed by atoms with Gasteiger partial charge in [0.05, 0.1) is 11.1 Å². The average molecular weight is 265 g/mol. The summed E-state index contributed by atoms with van der Waals surface area (Å²) in [5.41, 5.74) is 0.871. The van der Waals surface area contributed by atoms with E-state index in [0.29, 0.717) is 6.04 Å². The number of aromatic nitrogens is 3. The maximum atomic E-state index is 6.07. The second-order valence-electron chi connectivity index (χ2n) is 4.77. The van der Waals surface area contributed by atoms with Gasteiger partial charge in [0.25, 0.3) is 0 Å². The van der Waals surface area contributed by atoms with Crippen molar-refractivity contribution >= 4 is 17.2 Å². The lowest BCUT2D eigenvalue weighted by molar-refractivity contribution is 0.149. The lowest BCUT2D eigenvalue weighted by Gasteiger charge is -2.33. The van der Waals surface area contributed by atoms with Gasteiger partial charge in [-0.3, -0.25) is 9.30 Å². The summed E-state index contributed by atoms with van der Waals surface area (Å²) in [5, 5.41) is 9.33. The van der Waals surface area contributed by atoms with Crippen molar-refractivity contribution in [2.45, 2.75) is 32.2 Å². The lowest BCUT2D eigenvalue weighted by Crippen LogP contribution is -2.34. The van der Waals surface area contributed by atoms with Crippen LogP contribution >= 0.6 is 11.6 Å². The summed E-state index contributed by atoms with van der Waals surface area (Å²) in [7, 11) is 0. The Bertz CT molecular complexity index is 551. The molecule has 0 bridgehead atoms. The normalized spacial score (nSPS) is 21.6. The van der Waals surface area contributed by atoms with Crippen LogP contribution < -0.4 is 0 Å². The van der Waals surface area contributed by atoms with Crippen molar-refractivity contribution in [3.05, 3.63) is 29.2 Å². The van der Waals surface area contributed by atoms with Crippen LogP contribution in [-0.2, 0) is 0 Å². The van der Waals surface area contributed by atoms with Gasteiger partial charge in [-0.15, -0.1) is 10.2 Å². The van der Waals surface area contributed by atoms with Gasteiger partial charge in [0.2, 0.25) is 0 Å². The van der Waals surface area contributed by atoms with Crippen LogP contribution in [0.4, 0.5) is 0 Å². The molecule has 1 fully saturated rings. The van der Waals surface area contributed by atoms with Gasteiger partial charge >= 0.3 is 0 Å². The summed E-state index contributed by atoms with van der Waals surface area (Å²) < 4.78 is 2.03. The minimum Gasteiger partial charge on any atom is -0.294 e. The van der Waals surface area contributed by atoms with E-state index >= 15 is 0 Å². The minimum absolute atomic E-state index is 0.372. The quantitative estimate of drug-likeness (QED) is 0.836. The summed E-state index contributed by atoms with van der Waals surface area (Å²) >= 11 is 6.07. The number of piperidine rings is 1. The number of halogens is 1. The Morgan fingerprint density at radius 1 is 1.33 bits per heavy atom. The standard InChI is InChI=1S/C13H17ClN4/c1-2-17-8-4-3-5-11(17)13-16-15-12-7-6-10(14)9-18(12)13/h6-7,9,11H,2-5,8H2,1H3. The largest absolute Gasteiger partial charge is 0.294 e. The van der Waals surface area contributed by atoms with E-state index in [9.17, 15) is 0 Å². The highest BCUT2D eigenvalue weighted by atomic mass is 35.5. The van der Waals surface area contributed by atoms with Gasteiger partial charge in [-0.25, -0.2) is 0 Å². The Balaban J connectivity index is 2.04. The molecule has 4 nitrogen and oxygen atoms in total. The first-order chi connectivity index (χ1) is 8.79. The monoisotopic (exact) mass is 264 g/mol. The van der Waals surface area contributed by atoms with Crippen LogP contribution in [0.15, 0.2) is 18.3 Å². The van der Waals surface area contributed by atoms with E-state index in [1.807, 2.05) is 22.7 Å². The maximum Gasteiger partial charge on any atom is 0.160 e. The van der Waals surface area contributed by atoms with Gasteiger partial charge in [0.1, 0.15) is 0 Å². The van der Waals surface area contributed by atoms with E-state index in [-0.39, 0.29) is 0 Å². The second-order valence-corrected chi connectivity index (χ2v) is 5.21. The number of pyridine rings is 1. The molecule has 1 unspecified atom stereocenters. The van der Waals surface area contributed by atoms with Crippen molar-refractivity contribution in [1.29, 1.82) is 0 Å². The highest BCUT2D eigenvalue weighted by Crippen LogP contribution is 2.29. The maximum absolute atomic E-state index is 6.07. The third-order valence-corrected chi connectivity index (χ3v) is 3.93. The average Bonchev–Trinajstić information content (AvgIpc) is 2.81. The fourth-order valence-corrected chi connectivity index (χ4v) is 2.93. The Morgan fingerprint density at radius 2 is 2.22 bits per heavy atom. The Kier molecular flexibility index (Phi) is 3.22. The Morgan fingerprint density at radius 3 is 3.06 bits per heavy atom. The molecule has 96 valence electrons. The molecule has 0 aliphatic carbocycles. The molecule has 0 radical (unpaired) electrons. The molecule has 0 saturated carbocycles. The molecule has 0 spiro atoms. The number of rotatable bonds is 2. The van der Waals surface area contributed by atoms with Crippen LogP contribution in [0.5, 0.6) is 0 Å². The SMILES string of the molecule is CCN1CCCCC1c1nnc2ccc(Cl)cn12. The topological polar surface area (TPSA) is 33.4 Å². The number of fused-ring (bicyclic) bond motifs is 1. The van der Waals surface area contributed by atoms with Gasteiger partial charge < -0.3 is 0 Å². The molecular formula is C13H17ClN4. The molecule has 1 aliphatic heterocycles. The molecule has 0 aromatic carbocycles. The molecule has 0 N–H and O–H groups in total. The molecule has 0 amide bonds. The van der Waals surface area contributed by atoms with Crippen molar-refractivity contribution in [2.24, 2.45) is 0 Å². The molecule has 2 aromatic rings. The van der Waals surface area contributed by atoms with E-state index < -0.39 is 0 Å². The van der Waals surface area contributed by atoms with Crippen LogP contribution in [0, 0.1) is 0 Å². The summed E-state index contributed by atoms with van der Waals surface area (Å²) in [6, 6.07) is 4.14. The summed E-state index contributed by atoms with van der Waals surface area (Å²) in [4.78, 5) is 2.47. The molecule has 1 aliphatic rings. The van der Waals surface area contributed by atoms with Crippen molar-refractivity contribution in [3.63, 3.8) is 0 Å². The Hall–Kier alpha value is -1.13. The highest BCUT2D eigenvalue weighted by Gasteiger charge is 2.26. The van der Waals surface area contributed by atoms with Gasteiger partial charge in [-0.1, -0.05) is 24.9 Å². The van der Waals surface area contributed by atoms with Gasteiger partial charge in [0, 0.05) is 6.20 Å². The molecule has 2 aromatic heterocycles. The first kappa shape index (κ1) is 11.9.